The van der Waals surface area contributed by atoms with Crippen molar-refractivity contribution in [2.24, 2.45) is 5.92 Å². The van der Waals surface area contributed by atoms with Gasteiger partial charge < -0.3 is 14.7 Å². The van der Waals surface area contributed by atoms with Gasteiger partial charge in [0.05, 0.1) is 11.5 Å². The molecular formula is C14H18N2O5. The van der Waals surface area contributed by atoms with Crippen LogP contribution in [0.3, 0.4) is 0 Å². The van der Waals surface area contributed by atoms with E-state index in [9.17, 15) is 20.0 Å². The maximum absolute atomic E-state index is 12.4. The monoisotopic (exact) mass is 294 g/mol. The molecule has 1 aromatic rings. The summed E-state index contributed by atoms with van der Waals surface area (Å²) in [5, 5.41) is 20.3. The summed E-state index contributed by atoms with van der Waals surface area (Å²) in [5.41, 5.74) is -0.140. The van der Waals surface area contributed by atoms with Crippen molar-refractivity contribution in [1.82, 2.24) is 4.90 Å². The van der Waals surface area contributed by atoms with E-state index in [1.54, 1.807) is 12.0 Å². The van der Waals surface area contributed by atoms with Gasteiger partial charge in [0.25, 0.3) is 5.91 Å². The minimum absolute atomic E-state index is 0.221. The number of hydrogen-bond donors (Lipinski definition) is 1. The molecule has 1 fully saturated rings. The summed E-state index contributed by atoms with van der Waals surface area (Å²) in [7, 11) is 1.63. The van der Waals surface area contributed by atoms with Crippen molar-refractivity contribution in [2.45, 2.75) is 12.8 Å². The number of likely N-dealkylation sites (tertiary alicyclic amines) is 1. The third-order valence-corrected chi connectivity index (χ3v) is 3.63. The van der Waals surface area contributed by atoms with Crippen LogP contribution in [0, 0.1) is 16.0 Å². The maximum Gasteiger partial charge on any atom is 0.310 e. The van der Waals surface area contributed by atoms with Crippen LogP contribution in [0.5, 0.6) is 5.75 Å². The maximum atomic E-state index is 12.4. The number of piperidine rings is 1. The number of ether oxygens (including phenoxy) is 1. The fourth-order valence-corrected chi connectivity index (χ4v) is 2.61. The second-order valence-electron chi connectivity index (χ2n) is 5.18. The predicted molar refractivity (Wildman–Crippen MR) is 75.3 cm³/mol. The second kappa shape index (κ2) is 6.53. The normalized spacial score (nSPS) is 18.5. The lowest BCUT2D eigenvalue weighted by Gasteiger charge is -2.32. The van der Waals surface area contributed by atoms with E-state index in [0.717, 1.165) is 25.0 Å². The number of rotatable bonds is 4. The summed E-state index contributed by atoms with van der Waals surface area (Å²) in [5.74, 6) is -0.406. The Hall–Kier alpha value is -2.15. The zero-order valence-electron chi connectivity index (χ0n) is 11.8. The van der Waals surface area contributed by atoms with E-state index < -0.39 is 16.4 Å². The van der Waals surface area contributed by atoms with Crippen LogP contribution in [0.25, 0.3) is 0 Å². The molecule has 1 amide bonds. The van der Waals surface area contributed by atoms with E-state index in [1.165, 1.54) is 6.07 Å². The average Bonchev–Trinajstić information content (AvgIpc) is 2.46. The molecule has 1 atom stereocenters. The van der Waals surface area contributed by atoms with Crippen molar-refractivity contribution < 1.29 is 19.6 Å². The smallest absolute Gasteiger partial charge is 0.310 e. The lowest BCUT2D eigenvalue weighted by Crippen LogP contribution is -2.41. The number of nitrogens with zero attached hydrogens (tertiary/aromatic N) is 2. The number of carbonyl (C=O) groups is 1. The average molecular weight is 294 g/mol. The number of carbonyl (C=O) groups excluding carboxylic acids is 1. The number of phenolic OH excluding ortho intramolecular Hbond substituents is 1. The molecule has 0 saturated carbocycles. The third-order valence-electron chi connectivity index (χ3n) is 3.63. The summed E-state index contributed by atoms with van der Waals surface area (Å²) in [4.78, 5) is 24.1. The van der Waals surface area contributed by atoms with Crippen molar-refractivity contribution in [2.75, 3.05) is 26.8 Å². The molecule has 1 unspecified atom stereocenters. The number of nitro benzene ring substituents is 1. The summed E-state index contributed by atoms with van der Waals surface area (Å²) < 4.78 is 5.12. The Labute approximate surface area is 122 Å². The van der Waals surface area contributed by atoms with Crippen molar-refractivity contribution in [1.29, 1.82) is 0 Å². The van der Waals surface area contributed by atoms with Gasteiger partial charge in [0.2, 0.25) is 0 Å². The van der Waals surface area contributed by atoms with Gasteiger partial charge in [0.15, 0.2) is 5.75 Å². The molecule has 0 aromatic heterocycles. The van der Waals surface area contributed by atoms with Crippen LogP contribution in [-0.4, -0.2) is 47.6 Å². The number of aromatic hydroxyl groups is 1. The summed E-state index contributed by atoms with van der Waals surface area (Å²) >= 11 is 0. The van der Waals surface area contributed by atoms with Crippen LogP contribution in [0.1, 0.15) is 23.2 Å². The Morgan fingerprint density at radius 1 is 1.57 bits per heavy atom. The Morgan fingerprint density at radius 2 is 2.33 bits per heavy atom. The molecule has 1 aromatic carbocycles. The molecule has 1 heterocycles. The molecule has 1 N–H and O–H groups in total. The number of benzene rings is 1. The molecule has 21 heavy (non-hydrogen) atoms. The Kier molecular flexibility index (Phi) is 4.74. The zero-order chi connectivity index (χ0) is 15.4. The van der Waals surface area contributed by atoms with E-state index >= 15 is 0 Å². The SMILES string of the molecule is COCC1CCCN(C(=O)c2ccc([N+](=O)[O-])c(O)c2)C1. The van der Waals surface area contributed by atoms with E-state index in [0.29, 0.717) is 25.6 Å². The minimum Gasteiger partial charge on any atom is -0.502 e. The van der Waals surface area contributed by atoms with Gasteiger partial charge in [-0.05, 0) is 30.9 Å². The first-order chi connectivity index (χ1) is 10.0. The number of hydrogen-bond acceptors (Lipinski definition) is 5. The lowest BCUT2D eigenvalue weighted by molar-refractivity contribution is -0.385. The van der Waals surface area contributed by atoms with Gasteiger partial charge in [0.1, 0.15) is 0 Å². The van der Waals surface area contributed by atoms with Crippen molar-refractivity contribution in [3.8, 4) is 5.75 Å². The lowest BCUT2D eigenvalue weighted by atomic mass is 9.98. The molecule has 7 nitrogen and oxygen atoms in total. The molecule has 0 aliphatic carbocycles. The number of methoxy groups -OCH3 is 1. The molecule has 1 aliphatic rings. The highest BCUT2D eigenvalue weighted by Gasteiger charge is 2.25. The van der Waals surface area contributed by atoms with Gasteiger partial charge in [0, 0.05) is 31.8 Å². The predicted octanol–water partition coefficient (Wildman–Crippen LogP) is 1.80. The molecule has 1 saturated heterocycles. The molecule has 1 aliphatic heterocycles. The fourth-order valence-electron chi connectivity index (χ4n) is 2.61. The largest absolute Gasteiger partial charge is 0.502 e. The van der Waals surface area contributed by atoms with Gasteiger partial charge in [-0.15, -0.1) is 0 Å². The van der Waals surface area contributed by atoms with Gasteiger partial charge in [-0.25, -0.2) is 0 Å². The highest BCUT2D eigenvalue weighted by molar-refractivity contribution is 5.95. The van der Waals surface area contributed by atoms with E-state index in [2.05, 4.69) is 0 Å². The highest BCUT2D eigenvalue weighted by Crippen LogP contribution is 2.27. The summed E-state index contributed by atoms with van der Waals surface area (Å²) in [6.45, 7) is 1.86. The quantitative estimate of drug-likeness (QED) is 0.675. The molecule has 7 heteroatoms. The molecule has 2 rings (SSSR count). The number of amides is 1. The molecule has 0 radical (unpaired) electrons. The van der Waals surface area contributed by atoms with Gasteiger partial charge in [-0.3, -0.25) is 14.9 Å². The molecule has 114 valence electrons. The fraction of sp³-hybridized carbons (Fsp3) is 0.500. The van der Waals surface area contributed by atoms with Crippen LogP contribution in [-0.2, 0) is 4.74 Å². The van der Waals surface area contributed by atoms with E-state index in [4.69, 9.17) is 4.74 Å². The molecule has 0 spiro atoms. The third kappa shape index (κ3) is 3.49. The first kappa shape index (κ1) is 15.2. The van der Waals surface area contributed by atoms with Gasteiger partial charge in [-0.1, -0.05) is 0 Å². The number of nitro groups is 1. The second-order valence-corrected chi connectivity index (χ2v) is 5.18. The molecule has 0 bridgehead atoms. The van der Waals surface area contributed by atoms with Crippen molar-refractivity contribution >= 4 is 11.6 Å². The topological polar surface area (TPSA) is 92.9 Å². The Morgan fingerprint density at radius 3 is 2.95 bits per heavy atom. The Bertz CT molecular complexity index is 544. The zero-order valence-corrected chi connectivity index (χ0v) is 11.8. The van der Waals surface area contributed by atoms with E-state index in [-0.39, 0.29) is 11.5 Å². The Balaban J connectivity index is 2.12. The molecular weight excluding hydrogens is 276 g/mol. The van der Waals surface area contributed by atoms with Crippen molar-refractivity contribution in [3.05, 3.63) is 33.9 Å². The van der Waals surface area contributed by atoms with Gasteiger partial charge >= 0.3 is 5.69 Å². The first-order valence-corrected chi connectivity index (χ1v) is 6.78. The minimum atomic E-state index is -0.681. The summed E-state index contributed by atoms with van der Waals surface area (Å²) in [6.07, 6.45) is 1.92. The van der Waals surface area contributed by atoms with E-state index in [1.807, 2.05) is 0 Å². The van der Waals surface area contributed by atoms with Crippen LogP contribution >= 0.6 is 0 Å². The standard InChI is InChI=1S/C14H18N2O5/c1-21-9-10-3-2-6-15(8-10)14(18)11-4-5-12(16(19)20)13(17)7-11/h4-5,7,10,17H,2-3,6,8-9H2,1H3. The van der Waals surface area contributed by atoms with Gasteiger partial charge in [-0.2, -0.15) is 0 Å². The van der Waals surface area contributed by atoms with Crippen LogP contribution in [0.2, 0.25) is 0 Å². The summed E-state index contributed by atoms with van der Waals surface area (Å²) in [6, 6.07) is 3.68. The van der Waals surface area contributed by atoms with Crippen LogP contribution in [0.4, 0.5) is 5.69 Å². The van der Waals surface area contributed by atoms with Crippen LogP contribution < -0.4 is 0 Å². The van der Waals surface area contributed by atoms with Crippen LogP contribution in [0.15, 0.2) is 18.2 Å². The first-order valence-electron chi connectivity index (χ1n) is 6.78. The highest BCUT2D eigenvalue weighted by atomic mass is 16.6. The number of phenols is 1. The van der Waals surface area contributed by atoms with Crippen molar-refractivity contribution in [3.63, 3.8) is 0 Å².